The van der Waals surface area contributed by atoms with Crippen LogP contribution in [0.3, 0.4) is 0 Å². The predicted molar refractivity (Wildman–Crippen MR) is 91.9 cm³/mol. The second-order valence-corrected chi connectivity index (χ2v) is 6.50. The molecule has 0 saturated carbocycles. The maximum atomic E-state index is 10.5. The van der Waals surface area contributed by atoms with Gasteiger partial charge < -0.3 is 29.2 Å². The van der Waals surface area contributed by atoms with Gasteiger partial charge in [-0.05, 0) is 5.56 Å². The van der Waals surface area contributed by atoms with Crippen molar-refractivity contribution in [1.29, 1.82) is 0 Å². The van der Waals surface area contributed by atoms with Crippen LogP contribution in [0.4, 0.5) is 0 Å². The Morgan fingerprint density at radius 3 is 2.31 bits per heavy atom. The Balaban J connectivity index is 1.40. The van der Waals surface area contributed by atoms with Gasteiger partial charge in [0, 0.05) is 5.56 Å². The molecule has 26 heavy (non-hydrogen) atoms. The summed E-state index contributed by atoms with van der Waals surface area (Å²) < 4.78 is 23.1. The summed E-state index contributed by atoms with van der Waals surface area (Å²) in [5, 5.41) is 20.9. The number of aliphatic hydroxyl groups excluding tert-OH is 2. The van der Waals surface area contributed by atoms with Crippen LogP contribution in [0.1, 0.15) is 17.4 Å². The second kappa shape index (κ2) is 7.84. The number of aliphatic hydroxyl groups is 2. The number of rotatable bonds is 4. The highest BCUT2D eigenvalue weighted by Crippen LogP contribution is 2.34. The fourth-order valence-electron chi connectivity index (χ4n) is 3.25. The second-order valence-electron chi connectivity index (χ2n) is 6.50. The Morgan fingerprint density at radius 1 is 0.885 bits per heavy atom. The average Bonchev–Trinajstić information content (AvgIpc) is 2.71. The minimum absolute atomic E-state index is 0.249. The van der Waals surface area contributed by atoms with Crippen molar-refractivity contribution in [3.63, 3.8) is 0 Å². The lowest BCUT2D eigenvalue weighted by molar-refractivity contribution is -0.362. The molecular formula is C20H22O6. The van der Waals surface area contributed by atoms with Crippen molar-refractivity contribution < 1.29 is 29.2 Å². The molecule has 6 atom stereocenters. The molecule has 2 fully saturated rings. The summed E-state index contributed by atoms with van der Waals surface area (Å²) in [5.74, 6) is 0. The lowest BCUT2D eigenvalue weighted by Gasteiger charge is -2.46. The molecule has 2 aliphatic heterocycles. The molecule has 4 rings (SSSR count). The molecule has 0 aromatic heterocycles. The summed E-state index contributed by atoms with van der Waals surface area (Å²) in [7, 11) is 0. The minimum Gasteiger partial charge on any atom is -0.387 e. The highest BCUT2D eigenvalue weighted by Gasteiger charge is 2.49. The molecule has 6 heteroatoms. The fourth-order valence-corrected chi connectivity index (χ4v) is 3.25. The van der Waals surface area contributed by atoms with Crippen LogP contribution in [0, 0.1) is 0 Å². The normalized spacial score (nSPS) is 34.2. The summed E-state index contributed by atoms with van der Waals surface area (Å²) in [5.41, 5.74) is 1.82. The van der Waals surface area contributed by atoms with Gasteiger partial charge >= 0.3 is 0 Å². The first-order valence-corrected chi connectivity index (χ1v) is 8.71. The Labute approximate surface area is 151 Å². The summed E-state index contributed by atoms with van der Waals surface area (Å²) in [6, 6.07) is 19.1. The van der Waals surface area contributed by atoms with Crippen LogP contribution < -0.4 is 0 Å². The SMILES string of the molecule is O[C@@H]1[C@H](OCc2ccccc2)O[C@@H]2CO[C@H](c3ccccc3)O[C@@H]2[C@@H]1O. The van der Waals surface area contributed by atoms with Crippen LogP contribution >= 0.6 is 0 Å². The molecule has 0 spiro atoms. The Hall–Kier alpha value is -1.80. The van der Waals surface area contributed by atoms with E-state index in [0.29, 0.717) is 0 Å². The third kappa shape index (κ3) is 3.66. The Morgan fingerprint density at radius 2 is 1.58 bits per heavy atom. The van der Waals surface area contributed by atoms with E-state index < -0.39 is 37.0 Å². The van der Waals surface area contributed by atoms with Crippen molar-refractivity contribution in [3.8, 4) is 0 Å². The molecule has 2 aliphatic rings. The zero-order valence-electron chi connectivity index (χ0n) is 14.2. The third-order valence-electron chi connectivity index (χ3n) is 4.66. The summed E-state index contributed by atoms with van der Waals surface area (Å²) in [6.45, 7) is 0.528. The maximum Gasteiger partial charge on any atom is 0.187 e. The molecule has 0 unspecified atom stereocenters. The van der Waals surface area contributed by atoms with Gasteiger partial charge in [0.15, 0.2) is 12.6 Å². The lowest BCUT2D eigenvalue weighted by Crippen LogP contribution is -2.62. The first-order valence-electron chi connectivity index (χ1n) is 8.71. The molecule has 0 amide bonds. The van der Waals surface area contributed by atoms with Crippen LogP contribution in [0.25, 0.3) is 0 Å². The van der Waals surface area contributed by atoms with Crippen LogP contribution in [0.2, 0.25) is 0 Å². The first-order chi connectivity index (χ1) is 12.7. The van der Waals surface area contributed by atoms with Gasteiger partial charge in [0.25, 0.3) is 0 Å². The van der Waals surface area contributed by atoms with Gasteiger partial charge in [-0.25, -0.2) is 0 Å². The van der Waals surface area contributed by atoms with Crippen molar-refractivity contribution >= 4 is 0 Å². The largest absolute Gasteiger partial charge is 0.387 e. The molecular weight excluding hydrogens is 336 g/mol. The van der Waals surface area contributed by atoms with Gasteiger partial charge in [0.05, 0.1) is 13.2 Å². The standard InChI is InChI=1S/C20H22O6/c21-16-17(22)20(23-11-13-7-3-1-4-8-13)25-15-12-24-19(26-18(15)16)14-9-5-2-6-10-14/h1-10,15-22H,11-12H2/t15-,16-,17+,18+,19+,20-/m1/s1. The molecule has 2 aromatic carbocycles. The first kappa shape index (κ1) is 17.6. The van der Waals surface area contributed by atoms with Gasteiger partial charge in [0.2, 0.25) is 0 Å². The molecule has 0 radical (unpaired) electrons. The highest BCUT2D eigenvalue weighted by atomic mass is 16.8. The fraction of sp³-hybridized carbons (Fsp3) is 0.400. The number of hydrogen-bond donors (Lipinski definition) is 2. The van der Waals surface area contributed by atoms with Crippen LogP contribution in [-0.2, 0) is 25.6 Å². The van der Waals surface area contributed by atoms with E-state index in [1.807, 2.05) is 60.7 Å². The van der Waals surface area contributed by atoms with Crippen LogP contribution in [0.15, 0.2) is 60.7 Å². The molecule has 138 valence electrons. The molecule has 6 nitrogen and oxygen atoms in total. The average molecular weight is 358 g/mol. The quantitative estimate of drug-likeness (QED) is 0.867. The molecule has 0 bridgehead atoms. The minimum atomic E-state index is -1.20. The maximum absolute atomic E-state index is 10.5. The lowest BCUT2D eigenvalue weighted by atomic mass is 9.98. The monoisotopic (exact) mass is 358 g/mol. The van der Waals surface area contributed by atoms with Gasteiger partial charge in [-0.15, -0.1) is 0 Å². The van der Waals surface area contributed by atoms with Crippen molar-refractivity contribution in [1.82, 2.24) is 0 Å². The van der Waals surface area contributed by atoms with E-state index >= 15 is 0 Å². The number of ether oxygens (including phenoxy) is 4. The van der Waals surface area contributed by atoms with Crippen LogP contribution in [-0.4, -0.2) is 47.5 Å². The molecule has 2 saturated heterocycles. The van der Waals surface area contributed by atoms with E-state index in [1.165, 1.54) is 0 Å². The van der Waals surface area contributed by atoms with E-state index in [0.717, 1.165) is 11.1 Å². The van der Waals surface area contributed by atoms with Crippen LogP contribution in [0.5, 0.6) is 0 Å². The van der Waals surface area contributed by atoms with Gasteiger partial charge in [-0.3, -0.25) is 0 Å². The van der Waals surface area contributed by atoms with Crippen molar-refractivity contribution in [2.75, 3.05) is 6.61 Å². The van der Waals surface area contributed by atoms with E-state index in [-0.39, 0.29) is 13.2 Å². The van der Waals surface area contributed by atoms with Crippen molar-refractivity contribution in [2.45, 2.75) is 43.6 Å². The van der Waals surface area contributed by atoms with E-state index in [9.17, 15) is 10.2 Å². The molecule has 2 heterocycles. The van der Waals surface area contributed by atoms with E-state index in [2.05, 4.69) is 0 Å². The third-order valence-corrected chi connectivity index (χ3v) is 4.66. The van der Waals surface area contributed by atoms with Crippen molar-refractivity contribution in [3.05, 3.63) is 71.8 Å². The number of benzene rings is 2. The predicted octanol–water partition coefficient (Wildman–Crippen LogP) is 1.76. The van der Waals surface area contributed by atoms with Gasteiger partial charge in [-0.1, -0.05) is 60.7 Å². The highest BCUT2D eigenvalue weighted by molar-refractivity contribution is 5.17. The van der Waals surface area contributed by atoms with E-state index in [4.69, 9.17) is 18.9 Å². The summed E-state index contributed by atoms with van der Waals surface area (Å²) >= 11 is 0. The topological polar surface area (TPSA) is 77.4 Å². The Kier molecular flexibility index (Phi) is 5.31. The molecule has 2 N–H and O–H groups in total. The smallest absolute Gasteiger partial charge is 0.187 e. The zero-order valence-corrected chi connectivity index (χ0v) is 14.2. The molecule has 0 aliphatic carbocycles. The molecule has 2 aromatic rings. The van der Waals surface area contributed by atoms with Gasteiger partial charge in [-0.2, -0.15) is 0 Å². The zero-order chi connectivity index (χ0) is 17.9. The van der Waals surface area contributed by atoms with E-state index in [1.54, 1.807) is 0 Å². The summed E-state index contributed by atoms with van der Waals surface area (Å²) in [4.78, 5) is 0. The number of hydrogen-bond acceptors (Lipinski definition) is 6. The summed E-state index contributed by atoms with van der Waals surface area (Å²) in [6.07, 6.45) is -5.04. The Bertz CT molecular complexity index is 692. The van der Waals surface area contributed by atoms with Gasteiger partial charge in [0.1, 0.15) is 24.4 Å². The number of fused-ring (bicyclic) bond motifs is 1. The van der Waals surface area contributed by atoms with Crippen molar-refractivity contribution in [2.24, 2.45) is 0 Å².